The first-order valence-corrected chi connectivity index (χ1v) is 8.80. The number of amides is 2. The van der Waals surface area contributed by atoms with Crippen molar-refractivity contribution in [2.24, 2.45) is 5.10 Å². The van der Waals surface area contributed by atoms with E-state index >= 15 is 0 Å². The summed E-state index contributed by atoms with van der Waals surface area (Å²) in [6.07, 6.45) is 0.116. The van der Waals surface area contributed by atoms with Gasteiger partial charge in [-0.1, -0.05) is 60.7 Å². The Morgan fingerprint density at radius 3 is 2.07 bits per heavy atom. The third-order valence-electron chi connectivity index (χ3n) is 3.93. The van der Waals surface area contributed by atoms with Gasteiger partial charge in [0.15, 0.2) is 0 Å². The number of hydrazone groups is 1. The molecule has 0 saturated heterocycles. The molecule has 0 fully saturated rings. The van der Waals surface area contributed by atoms with Crippen LogP contribution in [-0.4, -0.2) is 37.8 Å². The Hall–Kier alpha value is -2.99. The Balaban J connectivity index is 2.05. The fourth-order valence-corrected chi connectivity index (χ4v) is 2.63. The molecule has 0 aliphatic rings. The summed E-state index contributed by atoms with van der Waals surface area (Å²) in [6, 6.07) is 19.1. The van der Waals surface area contributed by atoms with E-state index in [0.29, 0.717) is 18.9 Å². The topological polar surface area (TPSA) is 79.8 Å². The fraction of sp³-hybridized carbons (Fsp3) is 0.286. The van der Waals surface area contributed by atoms with Gasteiger partial charge in [0, 0.05) is 19.4 Å². The Bertz CT molecular complexity index is 721. The van der Waals surface area contributed by atoms with E-state index in [2.05, 4.69) is 15.8 Å². The highest BCUT2D eigenvalue weighted by Crippen LogP contribution is 2.24. The highest BCUT2D eigenvalue weighted by molar-refractivity contribution is 6.00. The molecule has 0 radical (unpaired) electrons. The van der Waals surface area contributed by atoms with Gasteiger partial charge in [0.25, 0.3) is 5.91 Å². The molecule has 2 aromatic rings. The quantitative estimate of drug-likeness (QED) is 0.406. The van der Waals surface area contributed by atoms with Crippen LogP contribution < -0.4 is 10.7 Å². The van der Waals surface area contributed by atoms with Crippen molar-refractivity contribution in [3.05, 3.63) is 71.8 Å². The number of methoxy groups -OCH3 is 1. The zero-order valence-electron chi connectivity index (χ0n) is 15.6. The van der Waals surface area contributed by atoms with Crippen molar-refractivity contribution in [3.8, 4) is 0 Å². The molecule has 6 heteroatoms. The van der Waals surface area contributed by atoms with Crippen molar-refractivity contribution < 1.29 is 14.3 Å². The molecule has 6 nitrogen and oxygen atoms in total. The van der Waals surface area contributed by atoms with E-state index in [1.54, 1.807) is 14.0 Å². The monoisotopic (exact) mass is 367 g/mol. The van der Waals surface area contributed by atoms with E-state index in [9.17, 15) is 9.59 Å². The lowest BCUT2D eigenvalue weighted by molar-refractivity contribution is -0.122. The molecule has 2 rings (SSSR count). The average Bonchev–Trinajstić information content (AvgIpc) is 2.68. The summed E-state index contributed by atoms with van der Waals surface area (Å²) in [5, 5.41) is 6.81. The Morgan fingerprint density at radius 1 is 1.00 bits per heavy atom. The molecule has 2 N–H and O–H groups in total. The number of ether oxygens (including phenoxy) is 1. The van der Waals surface area contributed by atoms with Gasteiger partial charge in [0.2, 0.25) is 5.91 Å². The second-order valence-corrected chi connectivity index (χ2v) is 6.10. The summed E-state index contributed by atoms with van der Waals surface area (Å²) < 4.78 is 4.88. The summed E-state index contributed by atoms with van der Waals surface area (Å²) in [5.74, 6) is -0.878. The minimum Gasteiger partial charge on any atom is -0.383 e. The maximum absolute atomic E-state index is 12.8. The van der Waals surface area contributed by atoms with Crippen LogP contribution in [0.5, 0.6) is 0 Å². The number of carbonyl (C=O) groups excluding carboxylic acids is 2. The number of nitrogens with one attached hydrogen (secondary N) is 2. The number of carbonyl (C=O) groups is 2. The fourth-order valence-electron chi connectivity index (χ4n) is 2.63. The second-order valence-electron chi connectivity index (χ2n) is 6.10. The molecule has 0 bridgehead atoms. The van der Waals surface area contributed by atoms with Gasteiger partial charge in [-0.15, -0.1) is 0 Å². The number of hydrogen-bond acceptors (Lipinski definition) is 4. The van der Waals surface area contributed by atoms with E-state index in [4.69, 9.17) is 4.74 Å². The third kappa shape index (κ3) is 6.67. The number of benzene rings is 2. The number of hydrogen-bond donors (Lipinski definition) is 2. The van der Waals surface area contributed by atoms with Crippen LogP contribution in [0.1, 0.15) is 30.4 Å². The summed E-state index contributed by atoms with van der Waals surface area (Å²) >= 11 is 0. The normalized spacial score (nSPS) is 11.3. The van der Waals surface area contributed by atoms with E-state index < -0.39 is 5.92 Å². The van der Waals surface area contributed by atoms with Crippen LogP contribution in [0, 0.1) is 0 Å². The molecule has 2 aromatic carbocycles. The SMILES string of the molecule is COCCNC(=O)C/C(C)=N/NC(=O)C(c1ccccc1)c1ccccc1. The predicted molar refractivity (Wildman–Crippen MR) is 105 cm³/mol. The number of rotatable bonds is 9. The minimum atomic E-state index is -0.473. The van der Waals surface area contributed by atoms with Gasteiger partial charge >= 0.3 is 0 Å². The lowest BCUT2D eigenvalue weighted by Crippen LogP contribution is -2.30. The van der Waals surface area contributed by atoms with Crippen LogP contribution >= 0.6 is 0 Å². The largest absolute Gasteiger partial charge is 0.383 e. The molecule has 27 heavy (non-hydrogen) atoms. The third-order valence-corrected chi connectivity index (χ3v) is 3.93. The van der Waals surface area contributed by atoms with Gasteiger partial charge in [-0.05, 0) is 18.1 Å². The minimum absolute atomic E-state index is 0.116. The van der Waals surface area contributed by atoms with Crippen molar-refractivity contribution in [2.75, 3.05) is 20.3 Å². The van der Waals surface area contributed by atoms with Gasteiger partial charge in [0.05, 0.1) is 18.9 Å². The van der Waals surface area contributed by atoms with Crippen LogP contribution in [0.3, 0.4) is 0 Å². The van der Waals surface area contributed by atoms with Gasteiger partial charge in [-0.2, -0.15) is 5.10 Å². The molecule has 0 unspecified atom stereocenters. The molecule has 0 aromatic heterocycles. The molecule has 0 spiro atoms. The average molecular weight is 367 g/mol. The maximum atomic E-state index is 12.8. The zero-order chi connectivity index (χ0) is 19.5. The Morgan fingerprint density at radius 2 is 1.56 bits per heavy atom. The Kier molecular flexibility index (Phi) is 8.19. The lowest BCUT2D eigenvalue weighted by Gasteiger charge is -2.16. The smallest absolute Gasteiger partial charge is 0.252 e. The van der Waals surface area contributed by atoms with E-state index in [-0.39, 0.29) is 18.2 Å². The van der Waals surface area contributed by atoms with Crippen molar-refractivity contribution in [2.45, 2.75) is 19.3 Å². The molecule has 0 heterocycles. The summed E-state index contributed by atoms with van der Waals surface area (Å²) in [4.78, 5) is 24.6. The standard InChI is InChI=1S/C21H25N3O3/c1-16(15-19(25)22-13-14-27-2)23-24-21(26)20(17-9-5-3-6-10-17)18-11-7-4-8-12-18/h3-12,20H,13-15H2,1-2H3,(H,22,25)(H,24,26)/b23-16+. The summed E-state index contributed by atoms with van der Waals surface area (Å²) in [6.45, 7) is 2.60. The molecule has 0 aliphatic carbocycles. The summed E-state index contributed by atoms with van der Waals surface area (Å²) in [7, 11) is 1.57. The highest BCUT2D eigenvalue weighted by Gasteiger charge is 2.22. The summed E-state index contributed by atoms with van der Waals surface area (Å²) in [5.41, 5.74) is 4.88. The molecule has 0 saturated carbocycles. The predicted octanol–water partition coefficient (Wildman–Crippen LogP) is 2.46. The van der Waals surface area contributed by atoms with Crippen LogP contribution in [0.4, 0.5) is 0 Å². The molecule has 0 atom stereocenters. The maximum Gasteiger partial charge on any atom is 0.252 e. The van der Waals surface area contributed by atoms with Crippen molar-refractivity contribution in [1.82, 2.24) is 10.7 Å². The van der Waals surface area contributed by atoms with Crippen molar-refractivity contribution in [3.63, 3.8) is 0 Å². The molecule has 0 aliphatic heterocycles. The highest BCUT2D eigenvalue weighted by atomic mass is 16.5. The van der Waals surface area contributed by atoms with E-state index in [0.717, 1.165) is 11.1 Å². The first-order chi connectivity index (χ1) is 13.1. The first kappa shape index (κ1) is 20.3. The van der Waals surface area contributed by atoms with E-state index in [1.165, 1.54) is 0 Å². The molecular formula is C21H25N3O3. The van der Waals surface area contributed by atoms with Gasteiger partial charge in [-0.25, -0.2) is 5.43 Å². The van der Waals surface area contributed by atoms with Gasteiger partial charge < -0.3 is 10.1 Å². The first-order valence-electron chi connectivity index (χ1n) is 8.80. The molecular weight excluding hydrogens is 342 g/mol. The van der Waals surface area contributed by atoms with Crippen molar-refractivity contribution in [1.29, 1.82) is 0 Å². The lowest BCUT2D eigenvalue weighted by atomic mass is 9.91. The van der Waals surface area contributed by atoms with Crippen LogP contribution in [0.25, 0.3) is 0 Å². The Labute approximate surface area is 159 Å². The van der Waals surface area contributed by atoms with Crippen LogP contribution in [0.2, 0.25) is 0 Å². The van der Waals surface area contributed by atoms with Crippen LogP contribution in [0.15, 0.2) is 65.8 Å². The van der Waals surface area contributed by atoms with Crippen molar-refractivity contribution >= 4 is 17.5 Å². The number of nitrogens with zero attached hydrogens (tertiary/aromatic N) is 1. The molecule has 142 valence electrons. The van der Waals surface area contributed by atoms with Crippen LogP contribution in [-0.2, 0) is 14.3 Å². The zero-order valence-corrected chi connectivity index (χ0v) is 15.6. The van der Waals surface area contributed by atoms with Gasteiger partial charge in [0.1, 0.15) is 0 Å². The molecule has 2 amide bonds. The van der Waals surface area contributed by atoms with E-state index in [1.807, 2.05) is 60.7 Å². The van der Waals surface area contributed by atoms with Gasteiger partial charge in [-0.3, -0.25) is 9.59 Å². The second kappa shape index (κ2) is 10.9.